The number of hydrogen-bond donors (Lipinski definition) is 2. The van der Waals surface area contributed by atoms with Gasteiger partial charge in [-0.2, -0.15) is 5.10 Å². The molecule has 5 rings (SSSR count). The van der Waals surface area contributed by atoms with Crippen molar-refractivity contribution in [2.75, 3.05) is 6.54 Å². The number of amides is 1. The molecule has 1 heterocycles. The zero-order valence-corrected chi connectivity index (χ0v) is 22.9. The van der Waals surface area contributed by atoms with Crippen LogP contribution < -0.4 is 5.32 Å². The van der Waals surface area contributed by atoms with E-state index in [0.29, 0.717) is 24.1 Å². The lowest BCUT2D eigenvalue weighted by Gasteiger charge is -2.55. The second-order valence-electron chi connectivity index (χ2n) is 12.2. The highest BCUT2D eigenvalue weighted by atomic mass is 19.1. The van der Waals surface area contributed by atoms with E-state index in [0.717, 1.165) is 29.7 Å². The number of benzene rings is 2. The van der Waals surface area contributed by atoms with Gasteiger partial charge in [-0.3, -0.25) is 9.89 Å². The Hall–Kier alpha value is -2.95. The van der Waals surface area contributed by atoms with Gasteiger partial charge in [0.2, 0.25) is 5.91 Å². The summed E-state index contributed by atoms with van der Waals surface area (Å²) < 4.78 is 13.4. The van der Waals surface area contributed by atoms with Gasteiger partial charge in [-0.05, 0) is 96.2 Å². The maximum Gasteiger partial charge on any atom is 0.224 e. The molecule has 0 spiro atoms. The standard InChI is InChI=1S/C32H40FN3O/c1-20(2)23-9-13-27-24(17-23)10-14-28-31(4,15-6-16-32(27,28)5)19-34-29(37)18-26-21(3)35-36-30(26)22-7-11-25(33)12-8-22/h7-9,11-13,17,20,28H,6,10,14-16,18-19H2,1-5H3,(H,34,37)(H,35,36)/t28-,31-,32+/m0/s1. The van der Waals surface area contributed by atoms with Crippen molar-refractivity contribution in [3.05, 3.63) is 76.2 Å². The summed E-state index contributed by atoms with van der Waals surface area (Å²) in [4.78, 5) is 13.2. The SMILES string of the molecule is Cc1[nH]nc(-c2ccc(F)cc2)c1CC(=O)NC[C@]1(C)CCC[C@]2(C)c3ccc(C(C)C)cc3CC[C@@H]12. The maximum atomic E-state index is 13.4. The predicted octanol–water partition coefficient (Wildman–Crippen LogP) is 7.02. The van der Waals surface area contributed by atoms with Crippen molar-refractivity contribution in [1.82, 2.24) is 15.5 Å². The van der Waals surface area contributed by atoms with E-state index in [9.17, 15) is 9.18 Å². The third kappa shape index (κ3) is 4.73. The molecule has 4 nitrogen and oxygen atoms in total. The number of aryl methyl sites for hydroxylation is 2. The highest BCUT2D eigenvalue weighted by Gasteiger charge is 2.51. The van der Waals surface area contributed by atoms with E-state index in [1.807, 2.05) is 6.92 Å². The fourth-order valence-electron chi connectivity index (χ4n) is 7.25. The Labute approximate surface area is 220 Å². The predicted molar refractivity (Wildman–Crippen MR) is 147 cm³/mol. The normalized spacial score (nSPS) is 25.0. The van der Waals surface area contributed by atoms with Crippen molar-refractivity contribution in [1.29, 1.82) is 0 Å². The molecule has 0 bridgehead atoms. The van der Waals surface area contributed by atoms with Crippen molar-refractivity contribution in [2.45, 2.75) is 84.5 Å². The van der Waals surface area contributed by atoms with Crippen LogP contribution in [0.1, 0.15) is 87.2 Å². The first-order chi connectivity index (χ1) is 17.6. The first-order valence-corrected chi connectivity index (χ1v) is 13.8. The second kappa shape index (κ2) is 9.74. The van der Waals surface area contributed by atoms with Gasteiger partial charge in [0.05, 0.1) is 12.1 Å². The van der Waals surface area contributed by atoms with Gasteiger partial charge in [-0.25, -0.2) is 4.39 Å². The molecule has 0 aliphatic heterocycles. The molecule has 2 aliphatic carbocycles. The molecule has 37 heavy (non-hydrogen) atoms. The minimum atomic E-state index is -0.284. The van der Waals surface area contributed by atoms with E-state index in [1.165, 1.54) is 48.1 Å². The molecule has 1 saturated carbocycles. The van der Waals surface area contributed by atoms with Crippen molar-refractivity contribution in [3.8, 4) is 11.3 Å². The van der Waals surface area contributed by atoms with Gasteiger partial charge in [-0.1, -0.05) is 52.3 Å². The molecule has 5 heteroatoms. The van der Waals surface area contributed by atoms with Crippen LogP contribution in [0.3, 0.4) is 0 Å². The fraction of sp³-hybridized carbons (Fsp3) is 0.500. The summed E-state index contributed by atoms with van der Waals surface area (Å²) in [6.07, 6.45) is 6.08. The molecular weight excluding hydrogens is 461 g/mol. The number of aromatic nitrogens is 2. The van der Waals surface area contributed by atoms with Gasteiger partial charge in [0, 0.05) is 23.4 Å². The van der Waals surface area contributed by atoms with Crippen molar-refractivity contribution in [3.63, 3.8) is 0 Å². The van der Waals surface area contributed by atoms with E-state index < -0.39 is 0 Å². The van der Waals surface area contributed by atoms with Gasteiger partial charge >= 0.3 is 0 Å². The molecule has 0 saturated heterocycles. The maximum absolute atomic E-state index is 13.4. The number of halogens is 1. The molecule has 1 aromatic heterocycles. The summed E-state index contributed by atoms with van der Waals surface area (Å²) in [5.74, 6) is 0.815. The van der Waals surface area contributed by atoms with Crippen LogP contribution in [0.4, 0.5) is 4.39 Å². The average molecular weight is 502 g/mol. The Morgan fingerprint density at radius 3 is 2.65 bits per heavy atom. The molecule has 196 valence electrons. The molecule has 3 atom stereocenters. The van der Waals surface area contributed by atoms with Crippen molar-refractivity contribution < 1.29 is 9.18 Å². The van der Waals surface area contributed by atoms with Gasteiger partial charge in [0.25, 0.3) is 0 Å². The van der Waals surface area contributed by atoms with Crippen LogP contribution in [0, 0.1) is 24.1 Å². The zero-order valence-electron chi connectivity index (χ0n) is 22.9. The molecule has 2 N–H and O–H groups in total. The minimum absolute atomic E-state index is 0.0131. The third-order valence-corrected chi connectivity index (χ3v) is 9.39. The van der Waals surface area contributed by atoms with Crippen LogP contribution in [0.15, 0.2) is 42.5 Å². The molecule has 3 aromatic rings. The van der Waals surface area contributed by atoms with Crippen LogP contribution in [-0.2, 0) is 23.1 Å². The molecule has 2 aliphatic rings. The number of hydrogen-bond acceptors (Lipinski definition) is 2. The monoisotopic (exact) mass is 501 g/mol. The number of aromatic amines is 1. The van der Waals surface area contributed by atoms with E-state index in [2.05, 4.69) is 61.4 Å². The van der Waals surface area contributed by atoms with Crippen LogP contribution in [0.2, 0.25) is 0 Å². The molecule has 0 radical (unpaired) electrons. The van der Waals surface area contributed by atoms with E-state index in [-0.39, 0.29) is 29.0 Å². The van der Waals surface area contributed by atoms with E-state index in [4.69, 9.17) is 0 Å². The number of rotatable bonds is 6. The summed E-state index contributed by atoms with van der Waals surface area (Å²) >= 11 is 0. The quantitative estimate of drug-likeness (QED) is 0.381. The van der Waals surface area contributed by atoms with Crippen molar-refractivity contribution in [2.24, 2.45) is 11.3 Å². The molecule has 1 fully saturated rings. The third-order valence-electron chi connectivity index (χ3n) is 9.39. The van der Waals surface area contributed by atoms with Crippen LogP contribution in [0.25, 0.3) is 11.3 Å². The van der Waals surface area contributed by atoms with Crippen LogP contribution in [0.5, 0.6) is 0 Å². The fourth-order valence-corrected chi connectivity index (χ4v) is 7.25. The number of fused-ring (bicyclic) bond motifs is 3. The van der Waals surface area contributed by atoms with Crippen LogP contribution in [-0.4, -0.2) is 22.6 Å². The molecular formula is C32H40FN3O. The number of carbonyl (C=O) groups excluding carboxylic acids is 1. The molecule has 2 aromatic carbocycles. The summed E-state index contributed by atoms with van der Waals surface area (Å²) in [5.41, 5.74) is 7.97. The van der Waals surface area contributed by atoms with Gasteiger partial charge in [0.15, 0.2) is 0 Å². The largest absolute Gasteiger partial charge is 0.355 e. The van der Waals surface area contributed by atoms with Crippen molar-refractivity contribution >= 4 is 5.91 Å². The molecule has 1 amide bonds. The Kier molecular flexibility index (Phi) is 6.76. The minimum Gasteiger partial charge on any atom is -0.355 e. The summed E-state index contributed by atoms with van der Waals surface area (Å²) in [6.45, 7) is 12.0. The Bertz CT molecular complexity index is 1290. The Morgan fingerprint density at radius 1 is 1.16 bits per heavy atom. The average Bonchev–Trinajstić information content (AvgIpc) is 3.22. The summed E-state index contributed by atoms with van der Waals surface area (Å²) in [6, 6.07) is 13.5. The first kappa shape index (κ1) is 25.7. The topological polar surface area (TPSA) is 57.8 Å². The number of nitrogens with one attached hydrogen (secondary N) is 2. The number of carbonyl (C=O) groups is 1. The Balaban J connectivity index is 1.31. The Morgan fingerprint density at radius 2 is 1.92 bits per heavy atom. The molecule has 0 unspecified atom stereocenters. The van der Waals surface area contributed by atoms with Crippen LogP contribution >= 0.6 is 0 Å². The summed E-state index contributed by atoms with van der Waals surface area (Å²) in [7, 11) is 0. The van der Waals surface area contributed by atoms with Gasteiger partial charge in [-0.15, -0.1) is 0 Å². The lowest BCUT2D eigenvalue weighted by atomic mass is 9.49. The van der Waals surface area contributed by atoms with Gasteiger partial charge < -0.3 is 5.32 Å². The van der Waals surface area contributed by atoms with Gasteiger partial charge in [0.1, 0.15) is 5.82 Å². The number of nitrogens with zero attached hydrogens (tertiary/aromatic N) is 1. The van der Waals surface area contributed by atoms with E-state index in [1.54, 1.807) is 12.1 Å². The highest BCUT2D eigenvalue weighted by molar-refractivity contribution is 5.81. The first-order valence-electron chi connectivity index (χ1n) is 13.8. The smallest absolute Gasteiger partial charge is 0.224 e. The number of H-pyrrole nitrogens is 1. The van der Waals surface area contributed by atoms with E-state index >= 15 is 0 Å². The zero-order chi connectivity index (χ0) is 26.4. The lowest BCUT2D eigenvalue weighted by molar-refractivity contribution is -0.121. The second-order valence-corrected chi connectivity index (χ2v) is 12.2. The lowest BCUT2D eigenvalue weighted by Crippen LogP contribution is -2.53. The highest BCUT2D eigenvalue weighted by Crippen LogP contribution is 2.57. The summed E-state index contributed by atoms with van der Waals surface area (Å²) in [5, 5.41) is 10.7.